The lowest BCUT2D eigenvalue weighted by molar-refractivity contribution is -0.139. The summed E-state index contributed by atoms with van der Waals surface area (Å²) >= 11 is 7.42. The number of carbonyl (C=O) groups is 2. The predicted octanol–water partition coefficient (Wildman–Crippen LogP) is 5.30. The molecule has 2 aromatic rings. The van der Waals surface area contributed by atoms with Crippen LogP contribution in [0.3, 0.4) is 0 Å². The van der Waals surface area contributed by atoms with E-state index in [0.717, 1.165) is 36.1 Å². The molecule has 4 nitrogen and oxygen atoms in total. The van der Waals surface area contributed by atoms with Crippen molar-refractivity contribution in [2.24, 2.45) is 0 Å². The van der Waals surface area contributed by atoms with Gasteiger partial charge in [0.1, 0.15) is 6.04 Å². The number of amides is 2. The quantitative estimate of drug-likeness (QED) is 0.534. The van der Waals surface area contributed by atoms with Gasteiger partial charge in [-0.2, -0.15) is 0 Å². The molecule has 1 saturated carbocycles. The van der Waals surface area contributed by atoms with Crippen molar-refractivity contribution >= 4 is 35.2 Å². The molecule has 0 aliphatic heterocycles. The molecular weight excluding hydrogens is 416 g/mol. The molecule has 1 N–H and O–H groups in total. The summed E-state index contributed by atoms with van der Waals surface area (Å²) in [6.45, 7) is 2.40. The first-order chi connectivity index (χ1) is 14.6. The molecule has 0 bridgehead atoms. The number of nitrogens with zero attached hydrogens (tertiary/aromatic N) is 1. The van der Waals surface area contributed by atoms with Crippen molar-refractivity contribution in [3.63, 3.8) is 0 Å². The van der Waals surface area contributed by atoms with E-state index in [1.807, 2.05) is 61.5 Å². The summed E-state index contributed by atoms with van der Waals surface area (Å²) in [5.41, 5.74) is 1.02. The number of nitrogens with one attached hydrogen (secondary N) is 1. The Morgan fingerprint density at radius 2 is 1.77 bits per heavy atom. The third-order valence-electron chi connectivity index (χ3n) is 5.46. The van der Waals surface area contributed by atoms with E-state index < -0.39 is 6.04 Å². The molecule has 0 aromatic heterocycles. The highest BCUT2D eigenvalue weighted by Gasteiger charge is 2.30. The van der Waals surface area contributed by atoms with Crippen molar-refractivity contribution in [2.75, 3.05) is 5.75 Å². The topological polar surface area (TPSA) is 49.4 Å². The maximum atomic E-state index is 13.2. The van der Waals surface area contributed by atoms with Crippen LogP contribution in [-0.2, 0) is 16.1 Å². The van der Waals surface area contributed by atoms with Gasteiger partial charge in [0, 0.05) is 22.5 Å². The monoisotopic (exact) mass is 444 g/mol. The Balaban J connectivity index is 1.72. The lowest BCUT2D eigenvalue weighted by atomic mass is 10.1. The molecule has 0 heterocycles. The predicted molar refractivity (Wildman–Crippen MR) is 124 cm³/mol. The first-order valence-corrected chi connectivity index (χ1v) is 11.9. The number of hydrogen-bond donors (Lipinski definition) is 1. The number of thioether (sulfide) groups is 1. The molecule has 6 heteroatoms. The van der Waals surface area contributed by atoms with E-state index in [1.54, 1.807) is 4.90 Å². The Morgan fingerprint density at radius 1 is 1.10 bits per heavy atom. The summed E-state index contributed by atoms with van der Waals surface area (Å²) in [6, 6.07) is 17.1. The van der Waals surface area contributed by atoms with Gasteiger partial charge in [-0.05, 0) is 49.1 Å². The second-order valence-corrected chi connectivity index (χ2v) is 9.15. The SMILES string of the molecule is CC[C@H](C(=O)NC1CCCC1)N(Cc1ccccc1)C(=O)CSc1ccc(Cl)cc1. The van der Waals surface area contributed by atoms with Crippen LogP contribution >= 0.6 is 23.4 Å². The van der Waals surface area contributed by atoms with Gasteiger partial charge in [0.25, 0.3) is 0 Å². The minimum absolute atomic E-state index is 0.0350. The van der Waals surface area contributed by atoms with E-state index in [2.05, 4.69) is 5.32 Å². The zero-order valence-corrected chi connectivity index (χ0v) is 18.9. The molecule has 1 aliphatic carbocycles. The highest BCUT2D eigenvalue weighted by atomic mass is 35.5. The molecule has 1 aliphatic rings. The summed E-state index contributed by atoms with van der Waals surface area (Å²) in [5.74, 6) is 0.208. The highest BCUT2D eigenvalue weighted by molar-refractivity contribution is 8.00. The van der Waals surface area contributed by atoms with Gasteiger partial charge in [-0.3, -0.25) is 9.59 Å². The van der Waals surface area contributed by atoms with E-state index in [9.17, 15) is 9.59 Å². The second kappa shape index (κ2) is 11.4. The molecule has 3 rings (SSSR count). The molecule has 0 radical (unpaired) electrons. The van der Waals surface area contributed by atoms with Crippen LogP contribution in [0.1, 0.15) is 44.6 Å². The van der Waals surface area contributed by atoms with Crippen LogP contribution in [0.2, 0.25) is 5.02 Å². The normalized spacial score (nSPS) is 15.0. The molecular formula is C24H29ClN2O2S. The third-order valence-corrected chi connectivity index (χ3v) is 6.71. The zero-order valence-electron chi connectivity index (χ0n) is 17.4. The van der Waals surface area contributed by atoms with Crippen LogP contribution in [0, 0.1) is 0 Å². The summed E-state index contributed by atoms with van der Waals surface area (Å²) in [4.78, 5) is 29.0. The van der Waals surface area contributed by atoms with Gasteiger partial charge in [0.05, 0.1) is 5.75 Å². The van der Waals surface area contributed by atoms with Crippen LogP contribution in [0.25, 0.3) is 0 Å². The molecule has 0 saturated heterocycles. The lowest BCUT2D eigenvalue weighted by Gasteiger charge is -2.31. The standard InChI is InChI=1S/C24H29ClN2O2S/c1-2-22(24(29)26-20-10-6-7-11-20)27(16-18-8-4-3-5-9-18)23(28)17-30-21-14-12-19(25)13-15-21/h3-5,8-9,12-15,20,22H,2,6-7,10-11,16-17H2,1H3,(H,26,29)/t22-/m1/s1. The minimum Gasteiger partial charge on any atom is -0.352 e. The summed E-state index contributed by atoms with van der Waals surface area (Å²) in [5, 5.41) is 3.85. The number of benzene rings is 2. The fourth-order valence-electron chi connectivity index (χ4n) is 3.83. The molecule has 2 amide bonds. The Hall–Kier alpha value is -1.98. The summed E-state index contributed by atoms with van der Waals surface area (Å²) in [7, 11) is 0. The Kier molecular flexibility index (Phi) is 8.64. The highest BCUT2D eigenvalue weighted by Crippen LogP contribution is 2.23. The van der Waals surface area contributed by atoms with Gasteiger partial charge in [-0.25, -0.2) is 0 Å². The van der Waals surface area contributed by atoms with Crippen LogP contribution in [-0.4, -0.2) is 34.6 Å². The van der Waals surface area contributed by atoms with Crippen LogP contribution in [0.4, 0.5) is 0 Å². The van der Waals surface area contributed by atoms with Crippen LogP contribution in [0.15, 0.2) is 59.5 Å². The average Bonchev–Trinajstić information content (AvgIpc) is 3.26. The van der Waals surface area contributed by atoms with Gasteiger partial charge in [0.2, 0.25) is 11.8 Å². The Bertz CT molecular complexity index is 823. The van der Waals surface area contributed by atoms with Crippen LogP contribution in [0.5, 0.6) is 0 Å². The van der Waals surface area contributed by atoms with Crippen molar-refractivity contribution in [1.29, 1.82) is 0 Å². The number of halogens is 1. The summed E-state index contributed by atoms with van der Waals surface area (Å²) < 4.78 is 0. The molecule has 1 fully saturated rings. The maximum Gasteiger partial charge on any atom is 0.243 e. The maximum absolute atomic E-state index is 13.2. The fourth-order valence-corrected chi connectivity index (χ4v) is 4.74. The van der Waals surface area contributed by atoms with Gasteiger partial charge in [-0.1, -0.05) is 61.7 Å². The minimum atomic E-state index is -0.468. The van der Waals surface area contributed by atoms with E-state index in [-0.39, 0.29) is 23.6 Å². The number of hydrogen-bond acceptors (Lipinski definition) is 3. The fraction of sp³-hybridized carbons (Fsp3) is 0.417. The van der Waals surface area contributed by atoms with E-state index in [4.69, 9.17) is 11.6 Å². The first kappa shape index (κ1) is 22.7. The van der Waals surface area contributed by atoms with Crippen molar-refractivity contribution in [1.82, 2.24) is 10.2 Å². The molecule has 1 atom stereocenters. The zero-order chi connectivity index (χ0) is 21.3. The van der Waals surface area contributed by atoms with Crippen molar-refractivity contribution in [2.45, 2.75) is 62.6 Å². The lowest BCUT2D eigenvalue weighted by Crippen LogP contribution is -2.51. The van der Waals surface area contributed by atoms with Gasteiger partial charge < -0.3 is 10.2 Å². The second-order valence-electron chi connectivity index (χ2n) is 7.66. The molecule has 30 heavy (non-hydrogen) atoms. The number of rotatable bonds is 9. The van der Waals surface area contributed by atoms with E-state index in [1.165, 1.54) is 11.8 Å². The van der Waals surface area contributed by atoms with Crippen molar-refractivity contribution < 1.29 is 9.59 Å². The largest absolute Gasteiger partial charge is 0.352 e. The van der Waals surface area contributed by atoms with Gasteiger partial charge in [-0.15, -0.1) is 11.8 Å². The molecule has 160 valence electrons. The van der Waals surface area contributed by atoms with E-state index >= 15 is 0 Å². The molecule has 0 spiro atoms. The van der Waals surface area contributed by atoms with Crippen molar-refractivity contribution in [3.8, 4) is 0 Å². The first-order valence-electron chi connectivity index (χ1n) is 10.6. The smallest absolute Gasteiger partial charge is 0.243 e. The van der Waals surface area contributed by atoms with E-state index in [0.29, 0.717) is 18.0 Å². The Labute approximate surface area is 188 Å². The van der Waals surface area contributed by atoms with Crippen molar-refractivity contribution in [3.05, 3.63) is 65.2 Å². The van der Waals surface area contributed by atoms with Gasteiger partial charge in [0.15, 0.2) is 0 Å². The van der Waals surface area contributed by atoms with Crippen LogP contribution < -0.4 is 5.32 Å². The molecule has 2 aromatic carbocycles. The molecule has 0 unspecified atom stereocenters. The average molecular weight is 445 g/mol. The third kappa shape index (κ3) is 6.51. The number of carbonyl (C=O) groups excluding carboxylic acids is 2. The summed E-state index contributed by atoms with van der Waals surface area (Å²) in [6.07, 6.45) is 4.96. The Morgan fingerprint density at radius 3 is 2.40 bits per heavy atom. The van der Waals surface area contributed by atoms with Gasteiger partial charge >= 0.3 is 0 Å².